The molecule has 0 spiro atoms. The molecule has 1 amide bonds. The van der Waals surface area contributed by atoms with E-state index in [4.69, 9.17) is 4.74 Å². The Labute approximate surface area is 156 Å². The van der Waals surface area contributed by atoms with Crippen LogP contribution in [0.5, 0.6) is 0 Å². The Morgan fingerprint density at radius 1 is 0.926 bits per heavy atom. The lowest BCUT2D eigenvalue weighted by atomic mass is 10.0. The van der Waals surface area contributed by atoms with Crippen molar-refractivity contribution in [3.63, 3.8) is 0 Å². The van der Waals surface area contributed by atoms with Gasteiger partial charge in [0.15, 0.2) is 12.4 Å². The number of amides is 1. The third kappa shape index (κ3) is 4.30. The van der Waals surface area contributed by atoms with Gasteiger partial charge in [-0.15, -0.1) is 0 Å². The largest absolute Gasteiger partial charge is 0.451 e. The lowest BCUT2D eigenvalue weighted by Crippen LogP contribution is -2.23. The van der Waals surface area contributed by atoms with Crippen LogP contribution >= 0.6 is 0 Å². The highest BCUT2D eigenvalue weighted by atomic mass is 16.5. The zero-order valence-corrected chi connectivity index (χ0v) is 14.7. The standard InChI is InChI=1S/C21H18N2O4/c1-23-13-7-12-18(23)21(26)27-14-19(24)22-17-11-6-5-10-16(17)20(25)15-8-3-2-4-9-15/h2-13H,14H2,1H3,(H,22,24). The normalized spacial score (nSPS) is 10.3. The molecule has 2 aromatic carbocycles. The Kier molecular flexibility index (Phi) is 5.47. The number of carbonyl (C=O) groups is 3. The summed E-state index contributed by atoms with van der Waals surface area (Å²) in [5.41, 5.74) is 1.61. The highest BCUT2D eigenvalue weighted by Crippen LogP contribution is 2.19. The monoisotopic (exact) mass is 362 g/mol. The fraction of sp³-hybridized carbons (Fsp3) is 0.0952. The van der Waals surface area contributed by atoms with E-state index in [2.05, 4.69) is 5.32 Å². The van der Waals surface area contributed by atoms with E-state index in [1.54, 1.807) is 78.5 Å². The summed E-state index contributed by atoms with van der Waals surface area (Å²) in [7, 11) is 1.71. The van der Waals surface area contributed by atoms with E-state index in [1.807, 2.05) is 6.07 Å². The molecule has 0 aliphatic heterocycles. The van der Waals surface area contributed by atoms with Crippen LogP contribution in [0, 0.1) is 0 Å². The van der Waals surface area contributed by atoms with Crippen LogP contribution in [-0.2, 0) is 16.6 Å². The van der Waals surface area contributed by atoms with Gasteiger partial charge in [-0.2, -0.15) is 0 Å². The van der Waals surface area contributed by atoms with Crippen LogP contribution in [0.4, 0.5) is 5.69 Å². The van der Waals surface area contributed by atoms with Crippen molar-refractivity contribution in [1.29, 1.82) is 0 Å². The minimum Gasteiger partial charge on any atom is -0.451 e. The number of nitrogens with zero attached hydrogens (tertiary/aromatic N) is 1. The number of anilines is 1. The molecule has 27 heavy (non-hydrogen) atoms. The summed E-state index contributed by atoms with van der Waals surface area (Å²) in [5, 5.41) is 2.63. The minimum absolute atomic E-state index is 0.202. The molecule has 0 aliphatic carbocycles. The van der Waals surface area contributed by atoms with Crippen LogP contribution in [0.2, 0.25) is 0 Å². The van der Waals surface area contributed by atoms with Gasteiger partial charge in [-0.25, -0.2) is 4.79 Å². The van der Waals surface area contributed by atoms with E-state index in [9.17, 15) is 14.4 Å². The molecule has 0 bridgehead atoms. The lowest BCUT2D eigenvalue weighted by Gasteiger charge is -2.11. The van der Waals surface area contributed by atoms with Gasteiger partial charge in [0.2, 0.25) is 0 Å². The first-order chi connectivity index (χ1) is 13.1. The number of hydrogen-bond acceptors (Lipinski definition) is 4. The summed E-state index contributed by atoms with van der Waals surface area (Å²) in [5.74, 6) is -1.32. The maximum Gasteiger partial charge on any atom is 0.355 e. The quantitative estimate of drug-likeness (QED) is 0.540. The second-order valence-corrected chi connectivity index (χ2v) is 5.87. The van der Waals surface area contributed by atoms with Gasteiger partial charge in [-0.1, -0.05) is 42.5 Å². The van der Waals surface area contributed by atoms with E-state index in [0.717, 1.165) is 0 Å². The van der Waals surface area contributed by atoms with Gasteiger partial charge in [0, 0.05) is 24.4 Å². The molecule has 6 heteroatoms. The van der Waals surface area contributed by atoms with Crippen molar-refractivity contribution in [3.05, 3.63) is 89.7 Å². The first kappa shape index (κ1) is 18.1. The second kappa shape index (κ2) is 8.14. The molecule has 0 unspecified atom stereocenters. The third-order valence-electron chi connectivity index (χ3n) is 3.97. The Bertz CT molecular complexity index is 977. The van der Waals surface area contributed by atoms with E-state index in [0.29, 0.717) is 22.5 Å². The first-order valence-electron chi connectivity index (χ1n) is 8.33. The van der Waals surface area contributed by atoms with Gasteiger partial charge < -0.3 is 14.6 Å². The van der Waals surface area contributed by atoms with Gasteiger partial charge in [0.1, 0.15) is 5.69 Å². The van der Waals surface area contributed by atoms with E-state index in [-0.39, 0.29) is 5.78 Å². The SMILES string of the molecule is Cn1cccc1C(=O)OCC(=O)Nc1ccccc1C(=O)c1ccccc1. The molecule has 0 fully saturated rings. The van der Waals surface area contributed by atoms with Crippen molar-refractivity contribution < 1.29 is 19.1 Å². The van der Waals surface area contributed by atoms with Crippen molar-refractivity contribution in [2.75, 3.05) is 11.9 Å². The molecule has 136 valence electrons. The summed E-state index contributed by atoms with van der Waals surface area (Å²) in [4.78, 5) is 36.8. The molecule has 3 rings (SSSR count). The first-order valence-corrected chi connectivity index (χ1v) is 8.33. The summed E-state index contributed by atoms with van der Waals surface area (Å²) < 4.78 is 6.63. The Balaban J connectivity index is 1.67. The number of benzene rings is 2. The zero-order valence-electron chi connectivity index (χ0n) is 14.7. The van der Waals surface area contributed by atoms with Crippen molar-refractivity contribution in [2.45, 2.75) is 0 Å². The predicted octanol–water partition coefficient (Wildman–Crippen LogP) is 3.05. The maximum absolute atomic E-state index is 12.7. The Morgan fingerprint density at radius 3 is 2.33 bits per heavy atom. The lowest BCUT2D eigenvalue weighted by molar-refractivity contribution is -0.119. The van der Waals surface area contributed by atoms with Gasteiger partial charge >= 0.3 is 5.97 Å². The number of aromatic nitrogens is 1. The molecule has 6 nitrogen and oxygen atoms in total. The predicted molar refractivity (Wildman–Crippen MR) is 101 cm³/mol. The second-order valence-electron chi connectivity index (χ2n) is 5.87. The van der Waals surface area contributed by atoms with Crippen molar-refractivity contribution in [1.82, 2.24) is 4.57 Å². The fourth-order valence-corrected chi connectivity index (χ4v) is 2.60. The average Bonchev–Trinajstić information content (AvgIpc) is 3.13. The molecule has 0 radical (unpaired) electrons. The van der Waals surface area contributed by atoms with Gasteiger partial charge in [0.05, 0.1) is 5.69 Å². The zero-order chi connectivity index (χ0) is 19.2. The number of hydrogen-bond donors (Lipinski definition) is 1. The molecule has 3 aromatic rings. The van der Waals surface area contributed by atoms with Gasteiger partial charge in [-0.05, 0) is 24.3 Å². The van der Waals surface area contributed by atoms with Crippen molar-refractivity contribution in [2.24, 2.45) is 7.05 Å². The number of rotatable bonds is 6. The molecule has 0 saturated heterocycles. The molecule has 1 N–H and O–H groups in total. The fourth-order valence-electron chi connectivity index (χ4n) is 2.60. The smallest absolute Gasteiger partial charge is 0.355 e. The summed E-state index contributed by atoms with van der Waals surface area (Å²) in [6.07, 6.45) is 1.71. The maximum atomic E-state index is 12.7. The highest BCUT2D eigenvalue weighted by molar-refractivity contribution is 6.13. The van der Waals surface area contributed by atoms with Crippen LogP contribution in [0.3, 0.4) is 0 Å². The summed E-state index contributed by atoms with van der Waals surface area (Å²) >= 11 is 0. The molecule has 1 heterocycles. The minimum atomic E-state index is -0.591. The number of nitrogens with one attached hydrogen (secondary N) is 1. The van der Waals surface area contributed by atoms with E-state index in [1.165, 1.54) is 0 Å². The van der Waals surface area contributed by atoms with Gasteiger partial charge in [-0.3, -0.25) is 9.59 Å². The number of ether oxygens (including phenoxy) is 1. The van der Waals surface area contributed by atoms with Crippen LogP contribution in [-0.4, -0.2) is 28.8 Å². The molecule has 1 aromatic heterocycles. The highest BCUT2D eigenvalue weighted by Gasteiger charge is 2.16. The van der Waals surface area contributed by atoms with Crippen LogP contribution < -0.4 is 5.32 Å². The number of para-hydroxylation sites is 1. The molecular formula is C21H18N2O4. The molecule has 0 saturated carbocycles. The summed E-state index contributed by atoms with van der Waals surface area (Å²) in [6.45, 7) is -0.447. The number of aryl methyl sites for hydroxylation is 1. The van der Waals surface area contributed by atoms with Crippen LogP contribution in [0.25, 0.3) is 0 Å². The molecule has 0 atom stereocenters. The van der Waals surface area contributed by atoms with E-state index < -0.39 is 18.5 Å². The molecular weight excluding hydrogens is 344 g/mol. The third-order valence-corrected chi connectivity index (χ3v) is 3.97. The Morgan fingerprint density at radius 2 is 1.63 bits per heavy atom. The van der Waals surface area contributed by atoms with Crippen molar-refractivity contribution >= 4 is 23.3 Å². The van der Waals surface area contributed by atoms with Crippen LogP contribution in [0.15, 0.2) is 72.9 Å². The Hall–Kier alpha value is -3.67. The number of carbonyl (C=O) groups excluding carboxylic acids is 3. The van der Waals surface area contributed by atoms with Crippen molar-refractivity contribution in [3.8, 4) is 0 Å². The average molecular weight is 362 g/mol. The van der Waals surface area contributed by atoms with Gasteiger partial charge in [0.25, 0.3) is 5.91 Å². The van der Waals surface area contributed by atoms with Crippen LogP contribution in [0.1, 0.15) is 26.4 Å². The topological polar surface area (TPSA) is 77.4 Å². The number of esters is 1. The summed E-state index contributed by atoms with van der Waals surface area (Å²) in [6, 6.07) is 18.8. The number of ketones is 1. The van der Waals surface area contributed by atoms with E-state index >= 15 is 0 Å². The molecule has 0 aliphatic rings.